The van der Waals surface area contributed by atoms with Gasteiger partial charge in [0, 0.05) is 24.2 Å². The van der Waals surface area contributed by atoms with E-state index in [-0.39, 0.29) is 6.42 Å². The predicted octanol–water partition coefficient (Wildman–Crippen LogP) is 5.19. The molecule has 34 heavy (non-hydrogen) atoms. The molecule has 1 aliphatic rings. The third-order valence-corrected chi connectivity index (χ3v) is 6.36. The first kappa shape index (κ1) is 23.9. The average molecular weight is 460 g/mol. The van der Waals surface area contributed by atoms with Crippen molar-refractivity contribution in [2.24, 2.45) is 0 Å². The highest BCUT2D eigenvalue weighted by molar-refractivity contribution is 5.79. The Morgan fingerprint density at radius 2 is 1.53 bits per heavy atom. The van der Waals surface area contributed by atoms with E-state index in [1.165, 1.54) is 11.1 Å². The standard InChI is InChI=1S/C28H33N3O3/c1-19-8-12-21(13-9-19)26-27(22-14-10-20(2)11-15-22)30-28-24(29-26)7-5-17-31(28)16-4-3-6-23(32)18-25(33)34/h8-15,23,32H,3-7,16-18H2,1-2H3,(H,33,34)/t23-/m1/s1. The highest BCUT2D eigenvalue weighted by Gasteiger charge is 2.23. The summed E-state index contributed by atoms with van der Waals surface area (Å²) in [6, 6.07) is 16.9. The zero-order chi connectivity index (χ0) is 24.1. The normalized spacial score (nSPS) is 14.0. The number of unbranched alkanes of at least 4 members (excludes halogenated alkanes) is 1. The Labute approximate surface area is 201 Å². The minimum absolute atomic E-state index is 0.195. The lowest BCUT2D eigenvalue weighted by Crippen LogP contribution is -2.32. The van der Waals surface area contributed by atoms with Gasteiger partial charge in [-0.05, 0) is 46.0 Å². The number of aryl methyl sites for hydroxylation is 3. The number of rotatable bonds is 9. The first-order valence-electron chi connectivity index (χ1n) is 12.1. The van der Waals surface area contributed by atoms with Crippen molar-refractivity contribution in [2.75, 3.05) is 18.0 Å². The van der Waals surface area contributed by atoms with Crippen molar-refractivity contribution >= 4 is 11.8 Å². The van der Waals surface area contributed by atoms with Crippen LogP contribution in [0.2, 0.25) is 0 Å². The maximum absolute atomic E-state index is 10.8. The topological polar surface area (TPSA) is 86.5 Å². The molecule has 6 nitrogen and oxygen atoms in total. The van der Waals surface area contributed by atoms with E-state index in [0.717, 1.165) is 72.8 Å². The van der Waals surface area contributed by atoms with Gasteiger partial charge in [0.05, 0.1) is 29.6 Å². The quantitative estimate of drug-likeness (QED) is 0.429. The van der Waals surface area contributed by atoms with E-state index >= 15 is 0 Å². The van der Waals surface area contributed by atoms with Gasteiger partial charge in [-0.3, -0.25) is 4.79 Å². The highest BCUT2D eigenvalue weighted by atomic mass is 16.4. The molecule has 0 aliphatic carbocycles. The molecule has 1 aliphatic heterocycles. The third-order valence-electron chi connectivity index (χ3n) is 6.36. The Morgan fingerprint density at radius 3 is 2.12 bits per heavy atom. The van der Waals surface area contributed by atoms with Gasteiger partial charge in [-0.2, -0.15) is 0 Å². The van der Waals surface area contributed by atoms with Crippen LogP contribution in [-0.4, -0.2) is 45.3 Å². The van der Waals surface area contributed by atoms with Crippen molar-refractivity contribution < 1.29 is 15.0 Å². The van der Waals surface area contributed by atoms with Crippen LogP contribution < -0.4 is 4.90 Å². The molecule has 0 radical (unpaired) electrons. The van der Waals surface area contributed by atoms with Crippen molar-refractivity contribution in [3.05, 3.63) is 65.4 Å². The number of carboxylic acid groups (broad SMARTS) is 1. The molecule has 178 valence electrons. The Bertz CT molecular complexity index is 1130. The van der Waals surface area contributed by atoms with Crippen LogP contribution in [0.4, 0.5) is 5.82 Å². The molecular weight excluding hydrogens is 426 g/mol. The van der Waals surface area contributed by atoms with Crippen LogP contribution in [0.15, 0.2) is 48.5 Å². The summed E-state index contributed by atoms with van der Waals surface area (Å²) in [5.41, 5.74) is 7.39. The summed E-state index contributed by atoms with van der Waals surface area (Å²) in [6.07, 6.45) is 3.11. The number of benzene rings is 2. The van der Waals surface area contributed by atoms with Gasteiger partial charge in [0.15, 0.2) is 5.82 Å². The molecule has 2 aromatic carbocycles. The zero-order valence-electron chi connectivity index (χ0n) is 20.0. The number of fused-ring (bicyclic) bond motifs is 1. The zero-order valence-corrected chi connectivity index (χ0v) is 20.0. The van der Waals surface area contributed by atoms with Gasteiger partial charge in [0.25, 0.3) is 0 Å². The van der Waals surface area contributed by atoms with Crippen LogP contribution in [0.3, 0.4) is 0 Å². The average Bonchev–Trinajstić information content (AvgIpc) is 2.82. The van der Waals surface area contributed by atoms with Gasteiger partial charge in [-0.1, -0.05) is 59.7 Å². The SMILES string of the molecule is Cc1ccc(-c2nc3c(nc2-c2ccc(C)cc2)N(CCCC[C@@H](O)CC(=O)O)CCC3)cc1. The number of aromatic nitrogens is 2. The molecule has 0 fully saturated rings. The predicted molar refractivity (Wildman–Crippen MR) is 135 cm³/mol. The number of aliphatic carboxylic acids is 1. The molecule has 0 bridgehead atoms. The van der Waals surface area contributed by atoms with Crippen molar-refractivity contribution in [3.63, 3.8) is 0 Å². The summed E-state index contributed by atoms with van der Waals surface area (Å²) < 4.78 is 0. The third kappa shape index (κ3) is 5.81. The Kier molecular flexibility index (Phi) is 7.58. The van der Waals surface area contributed by atoms with E-state index in [2.05, 4.69) is 67.3 Å². The van der Waals surface area contributed by atoms with Crippen molar-refractivity contribution in [1.29, 1.82) is 0 Å². The second-order valence-electron chi connectivity index (χ2n) is 9.26. The van der Waals surface area contributed by atoms with Crippen LogP contribution in [0, 0.1) is 13.8 Å². The van der Waals surface area contributed by atoms with Gasteiger partial charge in [0.2, 0.25) is 0 Å². The number of aliphatic hydroxyl groups is 1. The number of carboxylic acids is 1. The first-order chi connectivity index (χ1) is 16.4. The molecule has 4 rings (SSSR count). The summed E-state index contributed by atoms with van der Waals surface area (Å²) in [4.78, 5) is 23.4. The van der Waals surface area contributed by atoms with E-state index in [1.807, 2.05) is 0 Å². The molecular formula is C28H33N3O3. The maximum Gasteiger partial charge on any atom is 0.305 e. The minimum atomic E-state index is -0.958. The summed E-state index contributed by atoms with van der Waals surface area (Å²) in [5, 5.41) is 18.7. The number of nitrogens with zero attached hydrogens (tertiary/aromatic N) is 3. The van der Waals surface area contributed by atoms with Crippen LogP contribution >= 0.6 is 0 Å². The summed E-state index contributed by atoms with van der Waals surface area (Å²) in [6.45, 7) is 5.91. The van der Waals surface area contributed by atoms with Crippen LogP contribution in [0.25, 0.3) is 22.5 Å². The minimum Gasteiger partial charge on any atom is -0.481 e. The van der Waals surface area contributed by atoms with Crippen LogP contribution in [0.5, 0.6) is 0 Å². The molecule has 6 heteroatoms. The fourth-order valence-corrected chi connectivity index (χ4v) is 4.45. The van der Waals surface area contributed by atoms with Crippen molar-refractivity contribution in [3.8, 4) is 22.5 Å². The molecule has 0 saturated heterocycles. The van der Waals surface area contributed by atoms with Gasteiger partial charge < -0.3 is 15.1 Å². The van der Waals surface area contributed by atoms with E-state index in [9.17, 15) is 9.90 Å². The lowest BCUT2D eigenvalue weighted by Gasteiger charge is -2.30. The Hall–Kier alpha value is -3.25. The molecule has 1 atom stereocenters. The molecule has 0 amide bonds. The van der Waals surface area contributed by atoms with Gasteiger partial charge in [-0.15, -0.1) is 0 Å². The van der Waals surface area contributed by atoms with E-state index in [1.54, 1.807) is 0 Å². The fraction of sp³-hybridized carbons (Fsp3) is 0.393. The molecule has 0 spiro atoms. The van der Waals surface area contributed by atoms with Gasteiger partial charge >= 0.3 is 5.97 Å². The monoisotopic (exact) mass is 459 g/mol. The Balaban J connectivity index is 1.61. The second kappa shape index (κ2) is 10.8. The smallest absolute Gasteiger partial charge is 0.305 e. The number of anilines is 1. The summed E-state index contributed by atoms with van der Waals surface area (Å²) in [5.74, 6) is -0.00970. The fourth-order valence-electron chi connectivity index (χ4n) is 4.45. The molecule has 3 aromatic rings. The number of hydrogen-bond acceptors (Lipinski definition) is 5. The highest BCUT2D eigenvalue weighted by Crippen LogP contribution is 2.35. The van der Waals surface area contributed by atoms with E-state index in [4.69, 9.17) is 15.1 Å². The van der Waals surface area contributed by atoms with Crippen LogP contribution in [0.1, 0.15) is 48.9 Å². The number of hydrogen-bond donors (Lipinski definition) is 2. The number of aliphatic hydroxyl groups excluding tert-OH is 1. The molecule has 1 aromatic heterocycles. The molecule has 2 heterocycles. The van der Waals surface area contributed by atoms with Crippen molar-refractivity contribution in [1.82, 2.24) is 9.97 Å². The van der Waals surface area contributed by atoms with E-state index < -0.39 is 12.1 Å². The van der Waals surface area contributed by atoms with Gasteiger partial charge in [-0.25, -0.2) is 9.97 Å². The number of carbonyl (C=O) groups is 1. The van der Waals surface area contributed by atoms with Gasteiger partial charge in [0.1, 0.15) is 0 Å². The lowest BCUT2D eigenvalue weighted by molar-refractivity contribution is -0.139. The second-order valence-corrected chi connectivity index (χ2v) is 9.26. The first-order valence-corrected chi connectivity index (χ1v) is 12.1. The van der Waals surface area contributed by atoms with Crippen LogP contribution in [-0.2, 0) is 11.2 Å². The molecule has 0 unspecified atom stereocenters. The molecule has 2 N–H and O–H groups in total. The summed E-state index contributed by atoms with van der Waals surface area (Å²) in [7, 11) is 0. The largest absolute Gasteiger partial charge is 0.481 e. The maximum atomic E-state index is 10.8. The molecule has 0 saturated carbocycles. The lowest BCUT2D eigenvalue weighted by atomic mass is 10.0. The summed E-state index contributed by atoms with van der Waals surface area (Å²) >= 11 is 0. The van der Waals surface area contributed by atoms with Crippen molar-refractivity contribution in [2.45, 2.75) is 58.5 Å². The Morgan fingerprint density at radius 1 is 0.941 bits per heavy atom. The van der Waals surface area contributed by atoms with E-state index in [0.29, 0.717) is 6.42 Å².